The second-order valence-electron chi connectivity index (χ2n) is 7.01. The van der Waals surface area contributed by atoms with E-state index in [4.69, 9.17) is 5.11 Å². The Balaban J connectivity index is 0. The van der Waals surface area contributed by atoms with Crippen LogP contribution in [0.4, 0.5) is 0 Å². The van der Waals surface area contributed by atoms with Crippen LogP contribution in [0, 0.1) is 0 Å². The molecule has 1 atom stereocenters. The Kier molecular flexibility index (Phi) is 23.3. The Hall–Kier alpha value is 1.51. The molecule has 0 amide bonds. The van der Waals surface area contributed by atoms with Crippen LogP contribution in [-0.2, 0) is 10.1 Å². The molecule has 0 aromatic carbocycles. The second kappa shape index (κ2) is 20.2. The van der Waals surface area contributed by atoms with Crippen molar-refractivity contribution in [3.8, 4) is 0 Å². The Morgan fingerprint density at radius 2 is 1.08 bits per heavy atom. The van der Waals surface area contributed by atoms with Crippen molar-refractivity contribution < 1.29 is 69.5 Å². The summed E-state index contributed by atoms with van der Waals surface area (Å²) in [6, 6.07) is 0. The van der Waals surface area contributed by atoms with Gasteiger partial charge in [0.15, 0.2) is 0 Å². The number of hydrogen-bond donors (Lipinski definition) is 1. The summed E-state index contributed by atoms with van der Waals surface area (Å²) >= 11 is 0. The first kappa shape index (κ1) is 28.7. The van der Waals surface area contributed by atoms with Crippen LogP contribution < -0.4 is 51.4 Å². The van der Waals surface area contributed by atoms with Gasteiger partial charge in [0.25, 0.3) is 0 Å². The SMILES string of the molecule is CCCCCC(CCCCCCCCCCCCCO)S(=O)(=O)[O-].[K+]. The van der Waals surface area contributed by atoms with Gasteiger partial charge < -0.3 is 9.66 Å². The summed E-state index contributed by atoms with van der Waals surface area (Å²) in [5.41, 5.74) is 0. The standard InChI is InChI=1S/C19H40O4S.K/c1-2-3-13-16-19(24(21,22)23)17-14-11-9-7-5-4-6-8-10-12-15-18-20;/h19-20H,2-18H2,1H3,(H,21,22,23);/q;+1/p-1. The quantitative estimate of drug-likeness (QED) is 0.216. The molecule has 1 unspecified atom stereocenters. The average Bonchev–Trinajstić information content (AvgIpc) is 2.53. The number of aliphatic hydroxyl groups excluding tert-OH is 1. The van der Waals surface area contributed by atoms with Crippen LogP contribution in [0.3, 0.4) is 0 Å². The maximum atomic E-state index is 11.3. The zero-order valence-corrected chi connectivity index (χ0v) is 20.6. The van der Waals surface area contributed by atoms with Gasteiger partial charge in [0.05, 0.1) is 10.1 Å². The average molecular weight is 403 g/mol. The van der Waals surface area contributed by atoms with E-state index in [-0.39, 0.29) is 51.4 Å². The summed E-state index contributed by atoms with van der Waals surface area (Å²) in [4.78, 5) is 0. The van der Waals surface area contributed by atoms with Crippen molar-refractivity contribution >= 4 is 10.1 Å². The van der Waals surface area contributed by atoms with Gasteiger partial charge in [-0.15, -0.1) is 0 Å². The molecule has 0 aliphatic carbocycles. The van der Waals surface area contributed by atoms with Crippen molar-refractivity contribution in [2.24, 2.45) is 0 Å². The third kappa shape index (κ3) is 20.1. The van der Waals surface area contributed by atoms with Crippen LogP contribution in [0.15, 0.2) is 0 Å². The van der Waals surface area contributed by atoms with E-state index in [0.717, 1.165) is 51.4 Å². The van der Waals surface area contributed by atoms with Gasteiger partial charge in [-0.2, -0.15) is 0 Å². The molecule has 0 fully saturated rings. The number of hydrogen-bond acceptors (Lipinski definition) is 4. The fraction of sp³-hybridized carbons (Fsp3) is 1.00. The van der Waals surface area contributed by atoms with Crippen LogP contribution >= 0.6 is 0 Å². The van der Waals surface area contributed by atoms with Gasteiger partial charge in [-0.25, -0.2) is 8.42 Å². The monoisotopic (exact) mass is 402 g/mol. The molecule has 25 heavy (non-hydrogen) atoms. The van der Waals surface area contributed by atoms with E-state index >= 15 is 0 Å². The first-order chi connectivity index (χ1) is 11.5. The molecule has 0 aliphatic rings. The Morgan fingerprint density at radius 3 is 1.44 bits per heavy atom. The van der Waals surface area contributed by atoms with Crippen molar-refractivity contribution in [1.82, 2.24) is 0 Å². The first-order valence-electron chi connectivity index (χ1n) is 10.1. The zero-order chi connectivity index (χ0) is 18.1. The van der Waals surface area contributed by atoms with Crippen molar-refractivity contribution in [3.05, 3.63) is 0 Å². The molecule has 4 nitrogen and oxygen atoms in total. The molecular weight excluding hydrogens is 363 g/mol. The fourth-order valence-corrected chi connectivity index (χ4v) is 4.04. The molecule has 0 saturated carbocycles. The maximum absolute atomic E-state index is 11.3. The Bertz CT molecular complexity index is 360. The number of unbranched alkanes of at least 4 members (excludes halogenated alkanes) is 12. The van der Waals surface area contributed by atoms with Crippen LogP contribution in [0.25, 0.3) is 0 Å². The summed E-state index contributed by atoms with van der Waals surface area (Å²) in [6.45, 7) is 2.39. The van der Waals surface area contributed by atoms with Crippen LogP contribution in [-0.4, -0.2) is 29.9 Å². The molecule has 0 saturated heterocycles. The molecule has 0 aromatic rings. The smallest absolute Gasteiger partial charge is 0.748 e. The molecule has 6 heteroatoms. The van der Waals surface area contributed by atoms with E-state index in [1.54, 1.807) is 0 Å². The number of rotatable bonds is 18. The summed E-state index contributed by atoms with van der Waals surface area (Å²) < 4.78 is 33.9. The van der Waals surface area contributed by atoms with E-state index in [1.807, 2.05) is 0 Å². The first-order valence-corrected chi connectivity index (χ1v) is 11.5. The minimum absolute atomic E-state index is 0. The Morgan fingerprint density at radius 1 is 0.720 bits per heavy atom. The predicted molar refractivity (Wildman–Crippen MR) is 100 cm³/mol. The molecule has 0 spiro atoms. The van der Waals surface area contributed by atoms with Crippen molar-refractivity contribution in [3.63, 3.8) is 0 Å². The fourth-order valence-electron chi connectivity index (χ4n) is 3.13. The second-order valence-corrected chi connectivity index (χ2v) is 8.66. The molecular formula is C19H39KO4S. The molecule has 0 aromatic heterocycles. The van der Waals surface area contributed by atoms with Gasteiger partial charge >= 0.3 is 51.4 Å². The Labute approximate surface area is 199 Å². The summed E-state index contributed by atoms with van der Waals surface area (Å²) in [7, 11) is -4.13. The van der Waals surface area contributed by atoms with Gasteiger partial charge in [0.1, 0.15) is 0 Å². The van der Waals surface area contributed by atoms with E-state index in [9.17, 15) is 13.0 Å². The van der Waals surface area contributed by atoms with Gasteiger partial charge in [-0.3, -0.25) is 0 Å². The minimum Gasteiger partial charge on any atom is -0.748 e. The van der Waals surface area contributed by atoms with Crippen LogP contribution in [0.2, 0.25) is 0 Å². The maximum Gasteiger partial charge on any atom is 1.00 e. The van der Waals surface area contributed by atoms with Crippen molar-refractivity contribution in [2.45, 2.75) is 115 Å². The third-order valence-electron chi connectivity index (χ3n) is 4.72. The largest absolute Gasteiger partial charge is 1.00 e. The predicted octanol–water partition coefficient (Wildman–Crippen LogP) is 2.16. The van der Waals surface area contributed by atoms with Crippen LogP contribution in [0.5, 0.6) is 0 Å². The third-order valence-corrected chi connectivity index (χ3v) is 6.01. The van der Waals surface area contributed by atoms with Gasteiger partial charge in [-0.05, 0) is 19.3 Å². The zero-order valence-electron chi connectivity index (χ0n) is 16.7. The van der Waals surface area contributed by atoms with Crippen molar-refractivity contribution in [1.29, 1.82) is 0 Å². The van der Waals surface area contributed by atoms with Gasteiger partial charge in [0, 0.05) is 11.9 Å². The van der Waals surface area contributed by atoms with E-state index in [0.29, 0.717) is 19.4 Å². The van der Waals surface area contributed by atoms with Gasteiger partial charge in [-0.1, -0.05) is 90.4 Å². The van der Waals surface area contributed by atoms with E-state index in [2.05, 4.69) is 6.92 Å². The molecule has 146 valence electrons. The van der Waals surface area contributed by atoms with Crippen LogP contribution in [0.1, 0.15) is 110 Å². The normalized spacial score (nSPS) is 12.8. The molecule has 1 N–H and O–H groups in total. The van der Waals surface area contributed by atoms with E-state index < -0.39 is 15.4 Å². The van der Waals surface area contributed by atoms with E-state index in [1.165, 1.54) is 38.5 Å². The molecule has 0 aliphatic heterocycles. The minimum atomic E-state index is -4.13. The summed E-state index contributed by atoms with van der Waals surface area (Å²) in [5, 5.41) is 8.03. The van der Waals surface area contributed by atoms with Crippen molar-refractivity contribution in [2.75, 3.05) is 6.61 Å². The number of aliphatic hydroxyl groups is 1. The molecule has 0 heterocycles. The molecule has 0 radical (unpaired) electrons. The molecule has 0 bridgehead atoms. The topological polar surface area (TPSA) is 77.4 Å². The molecule has 0 rings (SSSR count). The summed E-state index contributed by atoms with van der Waals surface area (Å²) in [6.07, 6.45) is 16.6. The summed E-state index contributed by atoms with van der Waals surface area (Å²) in [5.74, 6) is 0. The van der Waals surface area contributed by atoms with Gasteiger partial charge in [0.2, 0.25) is 0 Å².